The van der Waals surface area contributed by atoms with Crippen LogP contribution in [-0.2, 0) is 10.2 Å². The molecule has 3 rings (SSSR count). The number of hydrogen-bond donors (Lipinski definition) is 1. The molecule has 0 saturated carbocycles. The zero-order valence-electron chi connectivity index (χ0n) is 16.6. The van der Waals surface area contributed by atoms with E-state index in [0.717, 1.165) is 31.4 Å². The van der Waals surface area contributed by atoms with Crippen LogP contribution in [0.4, 0.5) is 0 Å². The SMILES string of the molecule is CC(=O)N1CCC(C)(c2cc(C(=O)N3CCC(CO)CC3)nc(C)n2)CC1. The van der Waals surface area contributed by atoms with Crippen LogP contribution in [0, 0.1) is 12.8 Å². The Balaban J connectivity index is 1.76. The molecule has 0 aromatic carbocycles. The summed E-state index contributed by atoms with van der Waals surface area (Å²) >= 11 is 0. The summed E-state index contributed by atoms with van der Waals surface area (Å²) in [4.78, 5) is 37.3. The number of carbonyl (C=O) groups is 2. The molecular weight excluding hydrogens is 344 g/mol. The fourth-order valence-corrected chi connectivity index (χ4v) is 4.04. The largest absolute Gasteiger partial charge is 0.396 e. The van der Waals surface area contributed by atoms with Gasteiger partial charge < -0.3 is 14.9 Å². The van der Waals surface area contributed by atoms with Gasteiger partial charge in [-0.15, -0.1) is 0 Å². The van der Waals surface area contributed by atoms with Gasteiger partial charge in [0.25, 0.3) is 5.91 Å². The van der Waals surface area contributed by atoms with Gasteiger partial charge in [0.05, 0.1) is 5.69 Å². The van der Waals surface area contributed by atoms with E-state index in [4.69, 9.17) is 0 Å². The van der Waals surface area contributed by atoms with Gasteiger partial charge in [-0.1, -0.05) is 6.92 Å². The standard InChI is InChI=1S/C20H30N4O3/c1-14-21-17(19(27)24-8-4-16(13-25)5-9-24)12-18(22-14)20(3)6-10-23(11-7-20)15(2)26/h12,16,25H,4-11,13H2,1-3H3. The maximum absolute atomic E-state index is 12.9. The second-order valence-corrected chi connectivity index (χ2v) is 8.17. The van der Waals surface area contributed by atoms with E-state index >= 15 is 0 Å². The molecule has 148 valence electrons. The smallest absolute Gasteiger partial charge is 0.272 e. The number of piperidine rings is 2. The maximum atomic E-state index is 12.9. The molecule has 0 spiro atoms. The van der Waals surface area contributed by atoms with Crippen LogP contribution in [0.1, 0.15) is 61.5 Å². The van der Waals surface area contributed by atoms with E-state index < -0.39 is 0 Å². The van der Waals surface area contributed by atoms with Crippen LogP contribution in [0.25, 0.3) is 0 Å². The molecule has 3 heterocycles. The van der Waals surface area contributed by atoms with Gasteiger partial charge in [-0.3, -0.25) is 9.59 Å². The number of carbonyl (C=O) groups excluding carboxylic acids is 2. The van der Waals surface area contributed by atoms with E-state index in [1.165, 1.54) is 0 Å². The number of aliphatic hydroxyl groups excluding tert-OH is 1. The molecule has 2 saturated heterocycles. The molecule has 2 aliphatic rings. The molecule has 0 aliphatic carbocycles. The Hall–Kier alpha value is -2.02. The van der Waals surface area contributed by atoms with Gasteiger partial charge >= 0.3 is 0 Å². The van der Waals surface area contributed by atoms with Crippen molar-refractivity contribution in [3.05, 3.63) is 23.3 Å². The molecule has 2 fully saturated rings. The van der Waals surface area contributed by atoms with E-state index in [1.54, 1.807) is 6.92 Å². The molecule has 0 bridgehead atoms. The van der Waals surface area contributed by atoms with Crippen molar-refractivity contribution in [1.82, 2.24) is 19.8 Å². The van der Waals surface area contributed by atoms with Crippen LogP contribution in [0.2, 0.25) is 0 Å². The van der Waals surface area contributed by atoms with Crippen LogP contribution < -0.4 is 0 Å². The molecule has 0 atom stereocenters. The first kappa shape index (κ1) is 19.7. The number of nitrogens with zero attached hydrogens (tertiary/aromatic N) is 4. The highest BCUT2D eigenvalue weighted by atomic mass is 16.3. The number of hydrogen-bond acceptors (Lipinski definition) is 5. The summed E-state index contributed by atoms with van der Waals surface area (Å²) in [6.45, 7) is 8.53. The monoisotopic (exact) mass is 374 g/mol. The van der Waals surface area contributed by atoms with Gasteiger partial charge in [0.1, 0.15) is 11.5 Å². The summed E-state index contributed by atoms with van der Waals surface area (Å²) in [5.41, 5.74) is 1.19. The number of amides is 2. The minimum Gasteiger partial charge on any atom is -0.396 e. The first-order valence-electron chi connectivity index (χ1n) is 9.84. The topological polar surface area (TPSA) is 86.6 Å². The molecule has 1 aromatic rings. The van der Waals surface area contributed by atoms with Crippen molar-refractivity contribution >= 4 is 11.8 Å². The van der Waals surface area contributed by atoms with Gasteiger partial charge in [0, 0.05) is 45.1 Å². The third-order valence-corrected chi connectivity index (χ3v) is 6.15. The quantitative estimate of drug-likeness (QED) is 0.867. The number of likely N-dealkylation sites (tertiary alicyclic amines) is 2. The Morgan fingerprint density at radius 3 is 2.33 bits per heavy atom. The summed E-state index contributed by atoms with van der Waals surface area (Å²) in [6, 6.07) is 1.84. The van der Waals surface area contributed by atoms with Crippen molar-refractivity contribution in [3.63, 3.8) is 0 Å². The maximum Gasteiger partial charge on any atom is 0.272 e. The van der Waals surface area contributed by atoms with Crippen LogP contribution >= 0.6 is 0 Å². The summed E-state index contributed by atoms with van der Waals surface area (Å²) < 4.78 is 0. The number of aliphatic hydroxyl groups is 1. The van der Waals surface area contributed by atoms with Gasteiger partial charge in [0.15, 0.2) is 0 Å². The fourth-order valence-electron chi connectivity index (χ4n) is 4.04. The lowest BCUT2D eigenvalue weighted by Crippen LogP contribution is -2.44. The van der Waals surface area contributed by atoms with E-state index in [-0.39, 0.29) is 23.8 Å². The highest BCUT2D eigenvalue weighted by Crippen LogP contribution is 2.34. The van der Waals surface area contributed by atoms with Gasteiger partial charge in [-0.2, -0.15) is 0 Å². The third-order valence-electron chi connectivity index (χ3n) is 6.15. The molecule has 7 heteroatoms. The minimum atomic E-state index is -0.154. The second-order valence-electron chi connectivity index (χ2n) is 8.17. The van der Waals surface area contributed by atoms with E-state index in [0.29, 0.717) is 43.6 Å². The Morgan fingerprint density at radius 2 is 1.78 bits per heavy atom. The van der Waals surface area contributed by atoms with E-state index in [2.05, 4.69) is 16.9 Å². The predicted molar refractivity (Wildman–Crippen MR) is 101 cm³/mol. The Bertz CT molecular complexity index is 705. The normalized spacial score (nSPS) is 20.6. The van der Waals surface area contributed by atoms with Crippen molar-refractivity contribution < 1.29 is 14.7 Å². The first-order valence-corrected chi connectivity index (χ1v) is 9.84. The molecule has 0 unspecified atom stereocenters. The number of aromatic nitrogens is 2. The van der Waals surface area contributed by atoms with Gasteiger partial charge in [-0.25, -0.2) is 9.97 Å². The average molecular weight is 374 g/mol. The lowest BCUT2D eigenvalue weighted by Gasteiger charge is -2.39. The zero-order chi connectivity index (χ0) is 19.6. The van der Waals surface area contributed by atoms with Gasteiger partial charge in [0.2, 0.25) is 5.91 Å². The summed E-state index contributed by atoms with van der Waals surface area (Å²) in [6.07, 6.45) is 3.33. The molecule has 0 radical (unpaired) electrons. The van der Waals surface area contributed by atoms with Gasteiger partial charge in [-0.05, 0) is 44.6 Å². The fraction of sp³-hybridized carbons (Fsp3) is 0.700. The van der Waals surface area contributed by atoms with E-state index in [9.17, 15) is 14.7 Å². The number of aryl methyl sites for hydroxylation is 1. The van der Waals surface area contributed by atoms with Crippen molar-refractivity contribution in [2.24, 2.45) is 5.92 Å². The van der Waals surface area contributed by atoms with Crippen LogP contribution in [-0.4, -0.2) is 69.5 Å². The summed E-state index contributed by atoms with van der Waals surface area (Å²) in [7, 11) is 0. The predicted octanol–water partition coefficient (Wildman–Crippen LogP) is 1.53. The highest BCUT2D eigenvalue weighted by molar-refractivity contribution is 5.92. The van der Waals surface area contributed by atoms with Crippen molar-refractivity contribution in [2.75, 3.05) is 32.8 Å². The molecule has 1 aromatic heterocycles. The van der Waals surface area contributed by atoms with Crippen LogP contribution in [0.3, 0.4) is 0 Å². The zero-order valence-corrected chi connectivity index (χ0v) is 16.6. The van der Waals surface area contributed by atoms with Crippen molar-refractivity contribution in [1.29, 1.82) is 0 Å². The molecule has 1 N–H and O–H groups in total. The third kappa shape index (κ3) is 4.29. The second kappa shape index (κ2) is 7.92. The summed E-state index contributed by atoms with van der Waals surface area (Å²) in [5.74, 6) is 0.958. The Morgan fingerprint density at radius 1 is 1.15 bits per heavy atom. The lowest BCUT2D eigenvalue weighted by atomic mass is 9.77. The molecule has 7 nitrogen and oxygen atoms in total. The highest BCUT2D eigenvalue weighted by Gasteiger charge is 2.35. The first-order chi connectivity index (χ1) is 12.8. The van der Waals surface area contributed by atoms with Crippen LogP contribution in [0.15, 0.2) is 6.07 Å². The van der Waals surface area contributed by atoms with E-state index in [1.807, 2.05) is 22.8 Å². The summed E-state index contributed by atoms with van der Waals surface area (Å²) in [5, 5.41) is 9.28. The molecule has 2 amide bonds. The Labute approximate surface area is 160 Å². The lowest BCUT2D eigenvalue weighted by molar-refractivity contribution is -0.130. The van der Waals surface area contributed by atoms with Crippen LogP contribution in [0.5, 0.6) is 0 Å². The molecular formula is C20H30N4O3. The van der Waals surface area contributed by atoms with Crippen molar-refractivity contribution in [3.8, 4) is 0 Å². The minimum absolute atomic E-state index is 0.0529. The molecule has 2 aliphatic heterocycles. The van der Waals surface area contributed by atoms with Crippen molar-refractivity contribution in [2.45, 2.75) is 51.9 Å². The Kier molecular flexibility index (Phi) is 5.79. The average Bonchev–Trinajstić information content (AvgIpc) is 2.67. The number of rotatable bonds is 3. The molecule has 27 heavy (non-hydrogen) atoms.